The highest BCUT2D eigenvalue weighted by Crippen LogP contribution is 2.22. The van der Waals surface area contributed by atoms with Gasteiger partial charge in [-0.1, -0.05) is 17.7 Å². The second-order valence-electron chi connectivity index (χ2n) is 5.04. The van der Waals surface area contributed by atoms with E-state index in [4.69, 9.17) is 0 Å². The molecule has 1 fully saturated rings. The lowest BCUT2D eigenvalue weighted by Crippen LogP contribution is -2.48. The molecule has 1 aromatic carbocycles. The average Bonchev–Trinajstić information content (AvgIpc) is 2.46. The zero-order valence-electron chi connectivity index (χ0n) is 11.5. The predicted octanol–water partition coefficient (Wildman–Crippen LogP) is 2.55. The van der Waals surface area contributed by atoms with Crippen molar-refractivity contribution in [2.45, 2.75) is 37.1 Å². The molecule has 1 aliphatic rings. The molecule has 4 nitrogen and oxygen atoms in total. The van der Waals surface area contributed by atoms with E-state index in [1.165, 1.54) is 22.2 Å². The average molecular weight is 293 g/mol. The van der Waals surface area contributed by atoms with Gasteiger partial charge in [0.05, 0.1) is 5.75 Å². The smallest absolute Gasteiger partial charge is 0.326 e. The lowest BCUT2D eigenvalue weighted by Gasteiger charge is -2.32. The molecule has 1 atom stereocenters. The maximum Gasteiger partial charge on any atom is 0.326 e. The number of hydrogen-bond donors (Lipinski definition) is 1. The number of aliphatic carboxylic acids is 1. The fourth-order valence-electron chi connectivity index (χ4n) is 2.35. The minimum absolute atomic E-state index is 0.0809. The molecule has 0 aliphatic carbocycles. The summed E-state index contributed by atoms with van der Waals surface area (Å²) >= 11 is 1.46. The third-order valence-electron chi connectivity index (χ3n) is 3.49. The normalized spacial score (nSPS) is 18.9. The summed E-state index contributed by atoms with van der Waals surface area (Å²) in [5.41, 5.74) is 1.18. The van der Waals surface area contributed by atoms with Crippen LogP contribution in [0.2, 0.25) is 0 Å². The minimum atomic E-state index is -0.890. The van der Waals surface area contributed by atoms with Crippen LogP contribution in [0.3, 0.4) is 0 Å². The quantitative estimate of drug-likeness (QED) is 0.867. The fourth-order valence-corrected chi connectivity index (χ4v) is 3.13. The first-order valence-corrected chi connectivity index (χ1v) is 7.78. The Kier molecular flexibility index (Phi) is 5.06. The van der Waals surface area contributed by atoms with Crippen molar-refractivity contribution in [3.05, 3.63) is 29.8 Å². The zero-order chi connectivity index (χ0) is 14.5. The largest absolute Gasteiger partial charge is 0.480 e. The van der Waals surface area contributed by atoms with E-state index in [1.54, 1.807) is 0 Å². The first kappa shape index (κ1) is 14.9. The number of carbonyl (C=O) groups is 2. The number of thioether (sulfide) groups is 1. The maximum atomic E-state index is 12.2. The molecular formula is C15H19NO3S. The van der Waals surface area contributed by atoms with Gasteiger partial charge in [-0.25, -0.2) is 4.79 Å². The summed E-state index contributed by atoms with van der Waals surface area (Å²) in [5, 5.41) is 9.17. The monoisotopic (exact) mass is 293 g/mol. The Morgan fingerprint density at radius 3 is 2.65 bits per heavy atom. The second kappa shape index (κ2) is 6.79. The molecule has 0 bridgehead atoms. The fraction of sp³-hybridized carbons (Fsp3) is 0.467. The summed E-state index contributed by atoms with van der Waals surface area (Å²) in [6.07, 6.45) is 2.34. The zero-order valence-corrected chi connectivity index (χ0v) is 12.4. The van der Waals surface area contributed by atoms with E-state index >= 15 is 0 Å². The van der Waals surface area contributed by atoms with Crippen molar-refractivity contribution in [3.8, 4) is 0 Å². The van der Waals surface area contributed by atoms with Crippen LogP contribution in [0.15, 0.2) is 29.2 Å². The van der Waals surface area contributed by atoms with E-state index in [-0.39, 0.29) is 5.91 Å². The molecule has 0 aromatic heterocycles. The Balaban J connectivity index is 1.93. The second-order valence-corrected chi connectivity index (χ2v) is 6.09. The van der Waals surface area contributed by atoms with Gasteiger partial charge in [-0.3, -0.25) is 4.79 Å². The van der Waals surface area contributed by atoms with Gasteiger partial charge in [-0.05, 0) is 38.3 Å². The Bertz CT molecular complexity index is 486. The number of amides is 1. The van der Waals surface area contributed by atoms with Crippen LogP contribution in [0.5, 0.6) is 0 Å². The molecule has 0 unspecified atom stereocenters. The number of carbonyl (C=O) groups excluding carboxylic acids is 1. The van der Waals surface area contributed by atoms with Crippen LogP contribution in [-0.2, 0) is 9.59 Å². The Morgan fingerprint density at radius 2 is 2.00 bits per heavy atom. The number of piperidine rings is 1. The number of likely N-dealkylation sites (tertiary alicyclic amines) is 1. The molecule has 0 spiro atoms. The van der Waals surface area contributed by atoms with Gasteiger partial charge in [0.1, 0.15) is 6.04 Å². The van der Waals surface area contributed by atoms with Crippen molar-refractivity contribution in [2.75, 3.05) is 12.3 Å². The summed E-state index contributed by atoms with van der Waals surface area (Å²) in [4.78, 5) is 25.9. The molecule has 1 aliphatic heterocycles. The Morgan fingerprint density at radius 1 is 1.30 bits per heavy atom. The number of benzene rings is 1. The maximum absolute atomic E-state index is 12.2. The first-order chi connectivity index (χ1) is 9.58. The lowest BCUT2D eigenvalue weighted by molar-refractivity contribution is -0.150. The van der Waals surface area contributed by atoms with Crippen molar-refractivity contribution in [1.29, 1.82) is 0 Å². The molecule has 1 aromatic rings. The van der Waals surface area contributed by atoms with Crippen molar-refractivity contribution >= 4 is 23.6 Å². The molecule has 1 amide bonds. The van der Waals surface area contributed by atoms with Gasteiger partial charge in [0.2, 0.25) is 5.91 Å². The van der Waals surface area contributed by atoms with E-state index in [0.717, 1.165) is 17.7 Å². The SMILES string of the molecule is Cc1ccc(SCC(=O)N2CCCC[C@@H]2C(=O)O)cc1. The van der Waals surface area contributed by atoms with E-state index in [2.05, 4.69) is 0 Å². The molecule has 108 valence electrons. The van der Waals surface area contributed by atoms with Crippen molar-refractivity contribution in [3.63, 3.8) is 0 Å². The molecule has 20 heavy (non-hydrogen) atoms. The van der Waals surface area contributed by atoms with E-state index in [9.17, 15) is 14.7 Å². The van der Waals surface area contributed by atoms with Gasteiger partial charge in [0, 0.05) is 11.4 Å². The summed E-state index contributed by atoms with van der Waals surface area (Å²) in [7, 11) is 0. The number of aryl methyl sites for hydroxylation is 1. The lowest BCUT2D eigenvalue weighted by atomic mass is 10.0. The third kappa shape index (κ3) is 3.76. The minimum Gasteiger partial charge on any atom is -0.480 e. The van der Waals surface area contributed by atoms with Gasteiger partial charge in [0.15, 0.2) is 0 Å². The summed E-state index contributed by atoms with van der Waals surface area (Å²) in [5.74, 6) is -0.673. The van der Waals surface area contributed by atoms with Crippen LogP contribution in [0, 0.1) is 6.92 Å². The van der Waals surface area contributed by atoms with Crippen LogP contribution in [0.25, 0.3) is 0 Å². The Labute approximate surface area is 123 Å². The number of nitrogens with zero attached hydrogens (tertiary/aromatic N) is 1. The summed E-state index contributed by atoms with van der Waals surface area (Å²) in [6.45, 7) is 2.58. The highest BCUT2D eigenvalue weighted by molar-refractivity contribution is 8.00. The summed E-state index contributed by atoms with van der Waals surface area (Å²) < 4.78 is 0. The van der Waals surface area contributed by atoms with Crippen LogP contribution < -0.4 is 0 Å². The van der Waals surface area contributed by atoms with Crippen LogP contribution in [-0.4, -0.2) is 40.2 Å². The molecule has 0 saturated carbocycles. The predicted molar refractivity (Wildman–Crippen MR) is 78.9 cm³/mol. The number of carboxylic acid groups (broad SMARTS) is 1. The van der Waals surface area contributed by atoms with Gasteiger partial charge < -0.3 is 10.0 Å². The van der Waals surface area contributed by atoms with Gasteiger partial charge in [0.25, 0.3) is 0 Å². The highest BCUT2D eigenvalue weighted by Gasteiger charge is 2.31. The topological polar surface area (TPSA) is 57.6 Å². The van der Waals surface area contributed by atoms with Crippen LogP contribution in [0.4, 0.5) is 0 Å². The molecular weight excluding hydrogens is 274 g/mol. The summed E-state index contributed by atoms with van der Waals surface area (Å²) in [6, 6.07) is 7.34. The number of rotatable bonds is 4. The molecule has 1 saturated heterocycles. The third-order valence-corrected chi connectivity index (χ3v) is 4.49. The molecule has 1 heterocycles. The molecule has 0 radical (unpaired) electrons. The van der Waals surface area contributed by atoms with Crippen molar-refractivity contribution in [1.82, 2.24) is 4.90 Å². The van der Waals surface area contributed by atoms with Crippen molar-refractivity contribution in [2.24, 2.45) is 0 Å². The van der Waals surface area contributed by atoms with E-state index < -0.39 is 12.0 Å². The van der Waals surface area contributed by atoms with Crippen LogP contribution in [0.1, 0.15) is 24.8 Å². The number of hydrogen-bond acceptors (Lipinski definition) is 3. The highest BCUT2D eigenvalue weighted by atomic mass is 32.2. The van der Waals surface area contributed by atoms with Crippen LogP contribution >= 0.6 is 11.8 Å². The van der Waals surface area contributed by atoms with Gasteiger partial charge in [-0.2, -0.15) is 0 Å². The number of carboxylic acids is 1. The molecule has 2 rings (SSSR count). The van der Waals surface area contributed by atoms with E-state index in [1.807, 2.05) is 31.2 Å². The standard InChI is InChI=1S/C15H19NO3S/c1-11-5-7-12(8-6-11)20-10-14(17)16-9-3-2-4-13(16)15(18)19/h5-8,13H,2-4,9-10H2,1H3,(H,18,19)/t13-/m1/s1. The van der Waals surface area contributed by atoms with E-state index in [0.29, 0.717) is 18.7 Å². The first-order valence-electron chi connectivity index (χ1n) is 6.79. The van der Waals surface area contributed by atoms with Gasteiger partial charge in [-0.15, -0.1) is 11.8 Å². The van der Waals surface area contributed by atoms with Crippen molar-refractivity contribution < 1.29 is 14.7 Å². The Hall–Kier alpha value is -1.49. The molecule has 1 N–H and O–H groups in total. The molecule has 5 heteroatoms. The van der Waals surface area contributed by atoms with Gasteiger partial charge >= 0.3 is 5.97 Å².